The molecule has 0 saturated carbocycles. The Morgan fingerprint density at radius 3 is 2.90 bits per heavy atom. The van der Waals surface area contributed by atoms with Gasteiger partial charge < -0.3 is 10.5 Å². The first-order chi connectivity index (χ1) is 10.1. The maximum absolute atomic E-state index is 14.1. The van der Waals surface area contributed by atoms with Crippen LogP contribution in [0.15, 0.2) is 40.9 Å². The Morgan fingerprint density at radius 1 is 1.33 bits per heavy atom. The number of nitrogens with zero attached hydrogens (tertiary/aromatic N) is 2. The van der Waals surface area contributed by atoms with Crippen molar-refractivity contribution in [3.05, 3.63) is 46.7 Å². The first kappa shape index (κ1) is 13.9. The zero-order chi connectivity index (χ0) is 15.0. The van der Waals surface area contributed by atoms with Gasteiger partial charge in [0, 0.05) is 4.47 Å². The van der Waals surface area contributed by atoms with E-state index in [-0.39, 0.29) is 11.8 Å². The Bertz CT molecular complexity index is 816. The topological polar surface area (TPSA) is 53.1 Å². The zero-order valence-electron chi connectivity index (χ0n) is 11.3. The summed E-state index contributed by atoms with van der Waals surface area (Å²) in [5.74, 6) is 0.482. The number of para-hydroxylation sites is 1. The van der Waals surface area contributed by atoms with Gasteiger partial charge in [-0.3, -0.25) is 4.57 Å². The average Bonchev–Trinajstić information content (AvgIpc) is 2.79. The summed E-state index contributed by atoms with van der Waals surface area (Å²) in [4.78, 5) is 4.31. The predicted octanol–water partition coefficient (Wildman–Crippen LogP) is 3.91. The van der Waals surface area contributed by atoms with Crippen molar-refractivity contribution in [2.24, 2.45) is 0 Å². The van der Waals surface area contributed by atoms with Gasteiger partial charge in [0.25, 0.3) is 0 Å². The van der Waals surface area contributed by atoms with Crippen molar-refractivity contribution in [1.82, 2.24) is 9.55 Å². The second kappa shape index (κ2) is 5.37. The van der Waals surface area contributed by atoms with Crippen molar-refractivity contribution in [1.29, 1.82) is 0 Å². The van der Waals surface area contributed by atoms with Crippen LogP contribution in [-0.2, 0) is 0 Å². The van der Waals surface area contributed by atoms with Crippen LogP contribution < -0.4 is 10.5 Å². The van der Waals surface area contributed by atoms with Gasteiger partial charge in [-0.2, -0.15) is 0 Å². The number of aromatic nitrogens is 2. The van der Waals surface area contributed by atoms with Gasteiger partial charge in [0.2, 0.25) is 5.95 Å². The predicted molar refractivity (Wildman–Crippen MR) is 84.3 cm³/mol. The highest BCUT2D eigenvalue weighted by Crippen LogP contribution is 2.31. The Balaban J connectivity index is 2.30. The fourth-order valence-corrected chi connectivity index (χ4v) is 2.62. The number of hydrogen-bond donors (Lipinski definition) is 1. The smallest absolute Gasteiger partial charge is 0.206 e. The summed E-state index contributed by atoms with van der Waals surface area (Å²) < 4.78 is 22.0. The standard InChI is InChI=1S/C15H13BrFN3O/c1-2-21-13-5-3-4-11-14(13)19-15(18)20(11)12-8-9(16)6-7-10(12)17/h3-8H,2H2,1H3,(H2,18,19). The van der Waals surface area contributed by atoms with Gasteiger partial charge in [-0.1, -0.05) is 22.0 Å². The first-order valence-corrected chi connectivity index (χ1v) is 7.26. The summed E-state index contributed by atoms with van der Waals surface area (Å²) in [7, 11) is 0. The summed E-state index contributed by atoms with van der Waals surface area (Å²) in [6.07, 6.45) is 0. The van der Waals surface area contributed by atoms with Crippen molar-refractivity contribution in [2.75, 3.05) is 12.3 Å². The Kier molecular flexibility index (Phi) is 3.55. The van der Waals surface area contributed by atoms with Crippen LogP contribution in [0.25, 0.3) is 16.7 Å². The van der Waals surface area contributed by atoms with E-state index in [0.717, 1.165) is 4.47 Å². The molecule has 6 heteroatoms. The molecule has 0 spiro atoms. The average molecular weight is 350 g/mol. The number of fused-ring (bicyclic) bond motifs is 1. The van der Waals surface area contributed by atoms with Crippen molar-refractivity contribution >= 4 is 32.9 Å². The number of hydrogen-bond acceptors (Lipinski definition) is 3. The van der Waals surface area contributed by atoms with Crippen LogP contribution in [0, 0.1) is 5.82 Å². The van der Waals surface area contributed by atoms with Crippen LogP contribution >= 0.6 is 15.9 Å². The molecule has 0 aliphatic carbocycles. The Labute approximate surface area is 129 Å². The first-order valence-electron chi connectivity index (χ1n) is 6.47. The molecule has 0 amide bonds. The number of imidazole rings is 1. The maximum Gasteiger partial charge on any atom is 0.206 e. The molecular weight excluding hydrogens is 337 g/mol. The summed E-state index contributed by atoms with van der Waals surface area (Å²) >= 11 is 3.34. The lowest BCUT2D eigenvalue weighted by Crippen LogP contribution is -2.03. The molecule has 0 aliphatic rings. The third-order valence-electron chi connectivity index (χ3n) is 3.12. The van der Waals surface area contributed by atoms with Gasteiger partial charge in [-0.25, -0.2) is 9.37 Å². The fraction of sp³-hybridized carbons (Fsp3) is 0.133. The van der Waals surface area contributed by atoms with Crippen LogP contribution in [0.1, 0.15) is 6.92 Å². The van der Waals surface area contributed by atoms with Crippen molar-refractivity contribution in [3.8, 4) is 11.4 Å². The third-order valence-corrected chi connectivity index (χ3v) is 3.62. The van der Waals surface area contributed by atoms with Crippen molar-refractivity contribution < 1.29 is 9.13 Å². The van der Waals surface area contributed by atoms with E-state index in [2.05, 4.69) is 20.9 Å². The van der Waals surface area contributed by atoms with Crippen LogP contribution in [0.4, 0.5) is 10.3 Å². The van der Waals surface area contributed by atoms with Crippen LogP contribution in [-0.4, -0.2) is 16.2 Å². The minimum atomic E-state index is -0.369. The van der Waals surface area contributed by atoms with Gasteiger partial charge in [0.05, 0.1) is 17.8 Å². The van der Waals surface area contributed by atoms with Crippen molar-refractivity contribution in [3.63, 3.8) is 0 Å². The Hall–Kier alpha value is -2.08. The molecule has 3 rings (SSSR count). The highest BCUT2D eigenvalue weighted by atomic mass is 79.9. The summed E-state index contributed by atoms with van der Waals surface area (Å²) in [5, 5.41) is 0. The molecule has 0 atom stereocenters. The monoisotopic (exact) mass is 349 g/mol. The molecule has 108 valence electrons. The van der Waals surface area contributed by atoms with Gasteiger partial charge >= 0.3 is 0 Å². The van der Waals surface area contributed by atoms with E-state index in [4.69, 9.17) is 10.5 Å². The molecule has 0 unspecified atom stereocenters. The van der Waals surface area contributed by atoms with E-state index in [1.54, 1.807) is 16.7 Å². The molecule has 1 heterocycles. The molecule has 4 nitrogen and oxygen atoms in total. The minimum Gasteiger partial charge on any atom is -0.492 e. The lowest BCUT2D eigenvalue weighted by molar-refractivity contribution is 0.344. The number of benzene rings is 2. The molecule has 21 heavy (non-hydrogen) atoms. The summed E-state index contributed by atoms with van der Waals surface area (Å²) in [6.45, 7) is 2.42. The molecule has 0 saturated heterocycles. The van der Waals surface area contributed by atoms with Gasteiger partial charge in [-0.15, -0.1) is 0 Å². The van der Waals surface area contributed by atoms with Crippen LogP contribution in [0.3, 0.4) is 0 Å². The molecule has 2 aromatic carbocycles. The second-order valence-corrected chi connectivity index (χ2v) is 5.37. The lowest BCUT2D eigenvalue weighted by Gasteiger charge is -2.09. The number of anilines is 1. The highest BCUT2D eigenvalue weighted by Gasteiger charge is 2.16. The quantitative estimate of drug-likeness (QED) is 0.779. The van der Waals surface area contributed by atoms with E-state index in [9.17, 15) is 4.39 Å². The number of rotatable bonds is 3. The largest absolute Gasteiger partial charge is 0.492 e. The van der Waals surface area contributed by atoms with E-state index < -0.39 is 0 Å². The number of nitrogens with two attached hydrogens (primary N) is 1. The number of ether oxygens (including phenoxy) is 1. The molecule has 1 aromatic heterocycles. The van der Waals surface area contributed by atoms with Crippen LogP contribution in [0.2, 0.25) is 0 Å². The van der Waals surface area contributed by atoms with E-state index in [1.165, 1.54) is 6.07 Å². The fourth-order valence-electron chi connectivity index (χ4n) is 2.27. The van der Waals surface area contributed by atoms with Gasteiger partial charge in [0.15, 0.2) is 0 Å². The normalized spacial score (nSPS) is 11.0. The third kappa shape index (κ3) is 2.35. The maximum atomic E-state index is 14.1. The summed E-state index contributed by atoms with van der Waals surface area (Å²) in [6, 6.07) is 10.2. The molecule has 2 N–H and O–H groups in total. The SMILES string of the molecule is CCOc1cccc2c1nc(N)n2-c1cc(Br)ccc1F. The Morgan fingerprint density at radius 2 is 2.14 bits per heavy atom. The summed E-state index contributed by atoms with van der Waals surface area (Å²) in [5.41, 5.74) is 7.65. The van der Waals surface area contributed by atoms with E-state index in [0.29, 0.717) is 29.1 Å². The number of halogens is 2. The molecular formula is C15H13BrFN3O. The second-order valence-electron chi connectivity index (χ2n) is 4.46. The molecule has 0 radical (unpaired) electrons. The lowest BCUT2D eigenvalue weighted by atomic mass is 10.2. The molecule has 0 fully saturated rings. The minimum absolute atomic E-state index is 0.217. The van der Waals surface area contributed by atoms with E-state index >= 15 is 0 Å². The number of nitrogen functional groups attached to an aromatic ring is 1. The van der Waals surface area contributed by atoms with Gasteiger partial charge in [0.1, 0.15) is 17.1 Å². The molecule has 3 aromatic rings. The van der Waals surface area contributed by atoms with Crippen LogP contribution in [0.5, 0.6) is 5.75 Å². The zero-order valence-corrected chi connectivity index (χ0v) is 12.9. The van der Waals surface area contributed by atoms with E-state index in [1.807, 2.05) is 25.1 Å². The molecule has 0 bridgehead atoms. The highest BCUT2D eigenvalue weighted by molar-refractivity contribution is 9.10. The molecule has 0 aliphatic heterocycles. The van der Waals surface area contributed by atoms with Crippen molar-refractivity contribution in [2.45, 2.75) is 6.92 Å². The van der Waals surface area contributed by atoms with Gasteiger partial charge in [-0.05, 0) is 37.3 Å².